The fourth-order valence-corrected chi connectivity index (χ4v) is 6.59. The summed E-state index contributed by atoms with van der Waals surface area (Å²) in [4.78, 5) is 27.4. The first-order chi connectivity index (χ1) is 17.5. The number of anilines is 1. The molecule has 6 nitrogen and oxygen atoms in total. The molecule has 0 radical (unpaired) electrons. The van der Waals surface area contributed by atoms with Crippen molar-refractivity contribution in [3.63, 3.8) is 0 Å². The minimum absolute atomic E-state index is 0.0556. The first kappa shape index (κ1) is 27.2. The number of hydrogen-bond acceptors (Lipinski definition) is 5. The molecule has 0 bridgehead atoms. The van der Waals surface area contributed by atoms with E-state index in [-0.39, 0.29) is 17.9 Å². The lowest BCUT2D eigenvalue weighted by Crippen LogP contribution is -2.32. The van der Waals surface area contributed by atoms with Crippen molar-refractivity contribution in [1.29, 1.82) is 0 Å². The number of halogens is 2. The van der Waals surface area contributed by atoms with Crippen LogP contribution in [0.5, 0.6) is 5.75 Å². The number of nitrogens with one attached hydrogen (secondary N) is 2. The molecule has 0 saturated carbocycles. The first-order valence-electron chi connectivity index (χ1n) is 13.0. The number of carbonyl (C=O) groups is 2. The summed E-state index contributed by atoms with van der Waals surface area (Å²) >= 11 is 14.3. The van der Waals surface area contributed by atoms with Crippen LogP contribution in [-0.4, -0.2) is 37.7 Å². The topological polar surface area (TPSA) is 76.7 Å². The molecule has 1 atom stereocenters. The third-order valence-corrected chi connectivity index (χ3v) is 8.41. The van der Waals surface area contributed by atoms with Crippen LogP contribution in [0.1, 0.15) is 89.4 Å². The van der Waals surface area contributed by atoms with E-state index in [1.54, 1.807) is 12.1 Å². The Morgan fingerprint density at radius 3 is 2.58 bits per heavy atom. The van der Waals surface area contributed by atoms with Crippen LogP contribution in [-0.2, 0) is 17.6 Å². The van der Waals surface area contributed by atoms with E-state index in [1.807, 2.05) is 0 Å². The summed E-state index contributed by atoms with van der Waals surface area (Å²) in [6.07, 6.45) is 10.4. The van der Waals surface area contributed by atoms with Crippen molar-refractivity contribution in [3.8, 4) is 5.75 Å². The lowest BCUT2D eigenvalue weighted by molar-refractivity contribution is 0.0858. The van der Waals surface area contributed by atoms with Crippen LogP contribution in [0.25, 0.3) is 0 Å². The maximum atomic E-state index is 13.1. The number of hydrogen-bond donors (Lipinski definition) is 2. The Labute approximate surface area is 227 Å². The van der Waals surface area contributed by atoms with Crippen LogP contribution in [0.4, 0.5) is 5.00 Å². The third kappa shape index (κ3) is 6.74. The molecule has 2 aromatic rings. The zero-order chi connectivity index (χ0) is 25.5. The molecule has 1 fully saturated rings. The fourth-order valence-electron chi connectivity index (χ4n) is 4.72. The van der Waals surface area contributed by atoms with Gasteiger partial charge in [-0.05, 0) is 56.2 Å². The van der Waals surface area contributed by atoms with Crippen molar-refractivity contribution < 1.29 is 19.1 Å². The molecule has 36 heavy (non-hydrogen) atoms. The van der Waals surface area contributed by atoms with Gasteiger partial charge >= 0.3 is 0 Å². The normalized spacial score (nSPS) is 16.7. The Kier molecular flexibility index (Phi) is 9.94. The summed E-state index contributed by atoms with van der Waals surface area (Å²) in [6, 6.07) is 3.13. The van der Waals surface area contributed by atoms with Gasteiger partial charge in [0.2, 0.25) is 0 Å². The Balaban J connectivity index is 1.42. The second-order valence-electron chi connectivity index (χ2n) is 9.39. The quantitative estimate of drug-likeness (QED) is 0.276. The van der Waals surface area contributed by atoms with Gasteiger partial charge in [0.25, 0.3) is 11.8 Å². The Morgan fingerprint density at radius 1 is 1.08 bits per heavy atom. The number of thiophene rings is 1. The van der Waals surface area contributed by atoms with E-state index in [0.717, 1.165) is 62.0 Å². The molecule has 9 heteroatoms. The van der Waals surface area contributed by atoms with Crippen molar-refractivity contribution in [2.24, 2.45) is 0 Å². The highest BCUT2D eigenvalue weighted by atomic mass is 35.5. The molecular weight excluding hydrogens is 519 g/mol. The molecule has 1 aromatic carbocycles. The van der Waals surface area contributed by atoms with Gasteiger partial charge in [-0.15, -0.1) is 11.3 Å². The van der Waals surface area contributed by atoms with Crippen molar-refractivity contribution in [1.82, 2.24) is 5.32 Å². The number of rotatable bonds is 12. The maximum absolute atomic E-state index is 13.1. The lowest BCUT2D eigenvalue weighted by Gasteiger charge is -2.14. The van der Waals surface area contributed by atoms with Crippen LogP contribution < -0.4 is 15.4 Å². The predicted octanol–water partition coefficient (Wildman–Crippen LogP) is 7.05. The minimum Gasteiger partial charge on any atom is -0.490 e. The highest BCUT2D eigenvalue weighted by Gasteiger charge is 2.28. The molecule has 0 spiro atoms. The van der Waals surface area contributed by atoms with Gasteiger partial charge in [0.1, 0.15) is 5.00 Å². The summed E-state index contributed by atoms with van der Waals surface area (Å²) in [5.41, 5.74) is 1.93. The molecule has 196 valence electrons. The lowest BCUT2D eigenvalue weighted by atomic mass is 10.1. The van der Waals surface area contributed by atoms with Gasteiger partial charge in [-0.1, -0.05) is 55.8 Å². The monoisotopic (exact) mass is 552 g/mol. The van der Waals surface area contributed by atoms with Gasteiger partial charge < -0.3 is 20.1 Å². The second-order valence-corrected chi connectivity index (χ2v) is 11.3. The van der Waals surface area contributed by atoms with Crippen molar-refractivity contribution in [3.05, 3.63) is 43.7 Å². The molecular formula is C27H34Cl2N2O4S. The standard InChI is InChI=1S/C27H34Cl2N2O4S/c1-2-3-4-5-6-12-35-24-20(28)14-17(15-21(24)29)25(32)31-27-23(19-10-7-11-22(19)36-27)26(33)30-16-18-9-8-13-34-18/h14-15,18H,2-13,16H2,1H3,(H,30,33)(H,31,32). The molecule has 1 aliphatic carbocycles. The zero-order valence-corrected chi connectivity index (χ0v) is 23.0. The summed E-state index contributed by atoms with van der Waals surface area (Å²) in [5.74, 6) is -0.133. The van der Waals surface area contributed by atoms with E-state index < -0.39 is 0 Å². The van der Waals surface area contributed by atoms with Gasteiger partial charge in [0.15, 0.2) is 5.75 Å². The van der Waals surface area contributed by atoms with Crippen LogP contribution in [0, 0.1) is 0 Å². The van der Waals surface area contributed by atoms with Gasteiger partial charge in [0, 0.05) is 23.6 Å². The number of unbranched alkanes of at least 4 members (excludes halogenated alkanes) is 4. The van der Waals surface area contributed by atoms with Crippen molar-refractivity contribution in [2.75, 3.05) is 25.1 Å². The number of amides is 2. The smallest absolute Gasteiger partial charge is 0.256 e. The fraction of sp³-hybridized carbons (Fsp3) is 0.556. The van der Waals surface area contributed by atoms with Crippen LogP contribution in [0.2, 0.25) is 10.0 Å². The molecule has 1 unspecified atom stereocenters. The number of ether oxygens (including phenoxy) is 2. The summed E-state index contributed by atoms with van der Waals surface area (Å²) < 4.78 is 11.4. The van der Waals surface area contributed by atoms with E-state index in [9.17, 15) is 9.59 Å². The van der Waals surface area contributed by atoms with E-state index in [1.165, 1.54) is 30.6 Å². The average Bonchev–Trinajstić information content (AvgIpc) is 3.59. The number of fused-ring (bicyclic) bond motifs is 1. The largest absolute Gasteiger partial charge is 0.490 e. The summed E-state index contributed by atoms with van der Waals surface area (Å²) in [5, 5.41) is 7.10. The van der Waals surface area contributed by atoms with Crippen LogP contribution >= 0.6 is 34.5 Å². The number of carbonyl (C=O) groups excluding carboxylic acids is 2. The van der Waals surface area contributed by atoms with E-state index in [0.29, 0.717) is 45.1 Å². The van der Waals surface area contributed by atoms with Crippen LogP contribution in [0.3, 0.4) is 0 Å². The van der Waals surface area contributed by atoms with Crippen molar-refractivity contribution >= 4 is 51.4 Å². The van der Waals surface area contributed by atoms with Crippen molar-refractivity contribution in [2.45, 2.75) is 77.2 Å². The second kappa shape index (κ2) is 13.1. The van der Waals surface area contributed by atoms with Gasteiger partial charge in [-0.3, -0.25) is 9.59 Å². The molecule has 2 heterocycles. The highest BCUT2D eigenvalue weighted by molar-refractivity contribution is 7.17. The minimum atomic E-state index is -0.363. The predicted molar refractivity (Wildman–Crippen MR) is 146 cm³/mol. The van der Waals surface area contributed by atoms with Gasteiger partial charge in [-0.2, -0.15) is 0 Å². The van der Waals surface area contributed by atoms with E-state index in [2.05, 4.69) is 17.6 Å². The molecule has 2 amide bonds. The Bertz CT molecular complexity index is 1060. The molecule has 1 aliphatic heterocycles. The molecule has 2 N–H and O–H groups in total. The maximum Gasteiger partial charge on any atom is 0.256 e. The zero-order valence-electron chi connectivity index (χ0n) is 20.7. The summed E-state index contributed by atoms with van der Waals surface area (Å²) in [7, 11) is 0. The molecule has 2 aliphatic rings. The number of aryl methyl sites for hydroxylation is 1. The summed E-state index contributed by atoms with van der Waals surface area (Å²) in [6.45, 7) is 3.92. The van der Waals surface area contributed by atoms with E-state index >= 15 is 0 Å². The Morgan fingerprint density at radius 2 is 1.86 bits per heavy atom. The Hall–Kier alpha value is -1.80. The van der Waals surface area contributed by atoms with Gasteiger partial charge in [-0.25, -0.2) is 0 Å². The third-order valence-electron chi connectivity index (χ3n) is 6.64. The van der Waals surface area contributed by atoms with E-state index in [4.69, 9.17) is 32.7 Å². The average molecular weight is 554 g/mol. The molecule has 1 aromatic heterocycles. The number of benzene rings is 1. The van der Waals surface area contributed by atoms with Crippen LogP contribution in [0.15, 0.2) is 12.1 Å². The molecule has 1 saturated heterocycles. The SMILES string of the molecule is CCCCCCCOc1c(Cl)cc(C(=O)Nc2sc3c(c2C(=O)NCC2CCCO2)CCC3)cc1Cl. The first-order valence-corrected chi connectivity index (χ1v) is 14.5. The molecule has 4 rings (SSSR count). The highest BCUT2D eigenvalue weighted by Crippen LogP contribution is 2.40. The van der Waals surface area contributed by atoms with Gasteiger partial charge in [0.05, 0.1) is 28.3 Å².